The Labute approximate surface area is 138 Å². The lowest BCUT2D eigenvalue weighted by Gasteiger charge is -2.18. The molecule has 1 atom stereocenters. The number of carbonyl (C=O) groups is 1. The van der Waals surface area contributed by atoms with Crippen molar-refractivity contribution < 1.29 is 18.0 Å². The van der Waals surface area contributed by atoms with Crippen LogP contribution < -0.4 is 5.32 Å². The van der Waals surface area contributed by atoms with Gasteiger partial charge in [-0.05, 0) is 46.1 Å². The Morgan fingerprint density at radius 2 is 2.09 bits per heavy atom. The van der Waals surface area contributed by atoms with Crippen molar-refractivity contribution in [3.8, 4) is 0 Å². The van der Waals surface area contributed by atoms with Gasteiger partial charge in [0.1, 0.15) is 0 Å². The smallest absolute Gasteiger partial charge is 0.344 e. The van der Waals surface area contributed by atoms with Gasteiger partial charge in [0.15, 0.2) is 0 Å². The van der Waals surface area contributed by atoms with Crippen LogP contribution in [-0.2, 0) is 6.18 Å². The van der Waals surface area contributed by atoms with Crippen LogP contribution in [0.25, 0.3) is 0 Å². The molecule has 7 heteroatoms. The highest BCUT2D eigenvalue weighted by molar-refractivity contribution is 9.10. The third-order valence-corrected chi connectivity index (χ3v) is 4.67. The number of nitrogens with one attached hydrogen (secondary N) is 1. The minimum absolute atomic E-state index is 0.323. The summed E-state index contributed by atoms with van der Waals surface area (Å²) < 4.78 is 39.1. The van der Waals surface area contributed by atoms with Crippen LogP contribution in [0.2, 0.25) is 0 Å². The minimum atomic E-state index is -4.41. The molecular weight excluding hydrogens is 379 g/mol. The summed E-state index contributed by atoms with van der Waals surface area (Å²) >= 11 is 4.52. The predicted molar refractivity (Wildman–Crippen MR) is 83.6 cm³/mol. The summed E-state index contributed by atoms with van der Waals surface area (Å²) in [6.45, 7) is 1.69. The molecule has 0 aliphatic carbocycles. The first-order valence-corrected chi connectivity index (χ1v) is 8.00. The molecule has 0 saturated carbocycles. The number of hydrogen-bond donors (Lipinski definition) is 1. The number of benzene rings is 1. The van der Waals surface area contributed by atoms with Gasteiger partial charge >= 0.3 is 6.18 Å². The molecule has 22 heavy (non-hydrogen) atoms. The summed E-state index contributed by atoms with van der Waals surface area (Å²) in [6, 6.07) is 6.03. The molecular formula is C15H12BrF3NOS. The topological polar surface area (TPSA) is 29.1 Å². The average molecular weight is 391 g/mol. The van der Waals surface area contributed by atoms with Gasteiger partial charge in [0.05, 0.1) is 16.5 Å². The number of carbonyl (C=O) groups excluding carboxylic acids is 1. The van der Waals surface area contributed by atoms with Crippen LogP contribution in [0.1, 0.15) is 33.8 Å². The molecule has 1 aromatic heterocycles. The molecule has 0 fully saturated rings. The van der Waals surface area contributed by atoms with Gasteiger partial charge in [-0.3, -0.25) is 4.79 Å². The second-order valence-corrected chi connectivity index (χ2v) is 6.36. The summed E-state index contributed by atoms with van der Waals surface area (Å²) in [5.41, 5.74) is -0.341. The first-order valence-electron chi connectivity index (χ1n) is 6.33. The molecule has 117 valence electrons. The van der Waals surface area contributed by atoms with E-state index in [0.717, 1.165) is 16.6 Å². The van der Waals surface area contributed by atoms with E-state index in [4.69, 9.17) is 0 Å². The van der Waals surface area contributed by atoms with Crippen molar-refractivity contribution in [2.45, 2.75) is 19.1 Å². The molecule has 1 N–H and O–H groups in total. The van der Waals surface area contributed by atoms with Crippen molar-refractivity contribution in [1.82, 2.24) is 5.32 Å². The highest BCUT2D eigenvalue weighted by atomic mass is 79.9. The average Bonchev–Trinajstić information content (AvgIpc) is 2.90. The van der Waals surface area contributed by atoms with Gasteiger partial charge in [0.25, 0.3) is 5.91 Å². The minimum Gasteiger partial charge on any atom is -0.344 e. The van der Waals surface area contributed by atoms with Gasteiger partial charge in [0.2, 0.25) is 0 Å². The molecule has 2 rings (SSSR count). The summed E-state index contributed by atoms with van der Waals surface area (Å²) in [5.74, 6) is -0.323. The maximum atomic E-state index is 12.8. The Morgan fingerprint density at radius 1 is 1.36 bits per heavy atom. The van der Waals surface area contributed by atoms with Crippen LogP contribution >= 0.6 is 27.3 Å². The second kappa shape index (κ2) is 6.83. The lowest BCUT2D eigenvalue weighted by Crippen LogP contribution is -2.28. The van der Waals surface area contributed by atoms with Crippen molar-refractivity contribution in [2.75, 3.05) is 0 Å². The fourth-order valence-corrected chi connectivity index (χ4v) is 3.24. The Bertz CT molecular complexity index is 669. The highest BCUT2D eigenvalue weighted by Crippen LogP contribution is 2.31. The third-order valence-electron chi connectivity index (χ3n) is 2.98. The van der Waals surface area contributed by atoms with E-state index in [9.17, 15) is 18.0 Å². The molecule has 1 radical (unpaired) electrons. The normalized spacial score (nSPS) is 13.0. The second-order valence-electron chi connectivity index (χ2n) is 4.54. The molecule has 2 aromatic rings. The summed E-state index contributed by atoms with van der Waals surface area (Å²) in [7, 11) is 0. The van der Waals surface area contributed by atoms with Crippen LogP contribution in [0.4, 0.5) is 13.2 Å². The van der Waals surface area contributed by atoms with Gasteiger partial charge in [0, 0.05) is 9.85 Å². The Hall–Kier alpha value is -1.34. The van der Waals surface area contributed by atoms with Gasteiger partial charge < -0.3 is 5.32 Å². The maximum Gasteiger partial charge on any atom is 0.416 e. The van der Waals surface area contributed by atoms with Crippen molar-refractivity contribution in [1.29, 1.82) is 0 Å². The van der Waals surface area contributed by atoms with E-state index < -0.39 is 17.8 Å². The summed E-state index contributed by atoms with van der Waals surface area (Å²) in [6.07, 6.45) is -2.76. The van der Waals surface area contributed by atoms with Crippen molar-refractivity contribution in [2.24, 2.45) is 0 Å². The van der Waals surface area contributed by atoms with Crippen LogP contribution in [0.5, 0.6) is 0 Å². The number of hydrogen-bond acceptors (Lipinski definition) is 2. The van der Waals surface area contributed by atoms with Gasteiger partial charge in [-0.2, -0.15) is 13.2 Å². The Kier molecular flexibility index (Phi) is 5.28. The number of halogens is 4. The zero-order chi connectivity index (χ0) is 16.3. The van der Waals surface area contributed by atoms with E-state index >= 15 is 0 Å². The van der Waals surface area contributed by atoms with Gasteiger partial charge in [-0.15, -0.1) is 11.3 Å². The maximum absolute atomic E-state index is 12.8. The van der Waals surface area contributed by atoms with Crippen molar-refractivity contribution in [3.63, 3.8) is 0 Å². The molecule has 1 aromatic carbocycles. The van der Waals surface area contributed by atoms with Crippen LogP contribution in [0.3, 0.4) is 0 Å². The van der Waals surface area contributed by atoms with E-state index in [-0.39, 0.29) is 5.91 Å². The lowest BCUT2D eigenvalue weighted by atomic mass is 10.0. The largest absolute Gasteiger partial charge is 0.416 e. The quantitative estimate of drug-likeness (QED) is 0.761. The molecule has 1 amide bonds. The van der Waals surface area contributed by atoms with Gasteiger partial charge in [-0.1, -0.05) is 19.1 Å². The fourth-order valence-electron chi connectivity index (χ4n) is 1.91. The molecule has 0 bridgehead atoms. The predicted octanol–water partition coefficient (Wildman–Crippen LogP) is 5.22. The SMILES string of the molecule is C[CH]C(NC(=O)c1cc(Br)cs1)c1cccc(C(F)(F)F)c1. The van der Waals surface area contributed by atoms with Crippen LogP contribution in [0, 0.1) is 6.42 Å². The zero-order valence-corrected chi connectivity index (χ0v) is 13.8. The van der Waals surface area contributed by atoms with E-state index in [1.165, 1.54) is 17.4 Å². The Balaban J connectivity index is 2.20. The molecule has 0 aliphatic heterocycles. The highest BCUT2D eigenvalue weighted by Gasteiger charge is 2.31. The number of alkyl halides is 3. The number of thiophene rings is 1. The van der Waals surface area contributed by atoms with E-state index in [1.807, 2.05) is 0 Å². The summed E-state index contributed by atoms with van der Waals surface area (Å²) in [5, 5.41) is 4.49. The molecule has 0 spiro atoms. The fraction of sp³-hybridized carbons (Fsp3) is 0.200. The van der Waals surface area contributed by atoms with E-state index in [2.05, 4.69) is 21.2 Å². The summed E-state index contributed by atoms with van der Waals surface area (Å²) in [4.78, 5) is 12.6. The van der Waals surface area contributed by atoms with Crippen LogP contribution in [-0.4, -0.2) is 5.91 Å². The molecule has 1 heterocycles. The number of amides is 1. The monoisotopic (exact) mass is 390 g/mol. The Morgan fingerprint density at radius 3 is 2.64 bits per heavy atom. The van der Waals surface area contributed by atoms with Gasteiger partial charge in [-0.25, -0.2) is 0 Å². The standard InChI is InChI=1S/C15H12BrF3NOS/c1-2-12(20-14(21)13-7-11(16)8-22-13)9-4-3-5-10(6-9)15(17,18)19/h2-8,12H,1H3,(H,20,21). The molecule has 2 nitrogen and oxygen atoms in total. The first kappa shape index (κ1) is 17.0. The van der Waals surface area contributed by atoms with Crippen LogP contribution in [0.15, 0.2) is 40.2 Å². The molecule has 0 saturated heterocycles. The molecule has 1 unspecified atom stereocenters. The van der Waals surface area contributed by atoms with E-state index in [0.29, 0.717) is 10.4 Å². The third kappa shape index (κ3) is 4.10. The zero-order valence-electron chi connectivity index (χ0n) is 11.4. The number of rotatable bonds is 4. The van der Waals surface area contributed by atoms with Crippen molar-refractivity contribution >= 4 is 33.2 Å². The lowest BCUT2D eigenvalue weighted by molar-refractivity contribution is -0.137. The molecule has 0 aliphatic rings. The van der Waals surface area contributed by atoms with E-state index in [1.54, 1.807) is 30.9 Å². The van der Waals surface area contributed by atoms with Crippen molar-refractivity contribution in [3.05, 3.63) is 62.6 Å². The first-order chi connectivity index (χ1) is 10.3.